The zero-order valence-corrected chi connectivity index (χ0v) is 21.4. The number of hydrogen-bond donors (Lipinski definition) is 0. The molecule has 0 saturated heterocycles. The summed E-state index contributed by atoms with van der Waals surface area (Å²) >= 11 is 0. The summed E-state index contributed by atoms with van der Waals surface area (Å²) in [5, 5.41) is 0. The zero-order chi connectivity index (χ0) is 29.8. The van der Waals surface area contributed by atoms with E-state index in [1.54, 1.807) is 0 Å². The van der Waals surface area contributed by atoms with E-state index in [2.05, 4.69) is 28.5 Å². The van der Waals surface area contributed by atoms with Crippen LogP contribution in [0.5, 0.6) is 11.5 Å². The van der Waals surface area contributed by atoms with Crippen LogP contribution in [0.15, 0.2) is 97.1 Å². The molecule has 0 saturated carbocycles. The van der Waals surface area contributed by atoms with Gasteiger partial charge in [0.1, 0.15) is 5.75 Å². The summed E-state index contributed by atoms with van der Waals surface area (Å²) in [4.78, 5) is 0. The second-order valence-electron chi connectivity index (χ2n) is 9.03. The standard InChI is InChI=1S/C31H22F8O2/c1-2-3-19-4-6-20(7-5-19)21-8-10-22(11-9-21)23-12-14-24(15-13-23)31(38,39)40-25-16-26(32)29(27(33)17-25)41-30(36,37)18-28(34)35/h4-18H,2-3H2,1H3. The van der Waals surface area contributed by atoms with E-state index in [0.717, 1.165) is 41.7 Å². The number of benzene rings is 4. The van der Waals surface area contributed by atoms with Crippen molar-refractivity contribution >= 4 is 0 Å². The summed E-state index contributed by atoms with van der Waals surface area (Å²) in [5.74, 6) is -6.51. The average Bonchev–Trinajstić information content (AvgIpc) is 2.91. The van der Waals surface area contributed by atoms with Crippen LogP contribution in [-0.4, -0.2) is 6.11 Å². The van der Waals surface area contributed by atoms with Gasteiger partial charge < -0.3 is 9.47 Å². The average molecular weight is 578 g/mol. The molecule has 0 spiro atoms. The van der Waals surface area contributed by atoms with Crippen LogP contribution in [0, 0.1) is 11.6 Å². The van der Waals surface area contributed by atoms with Crippen molar-refractivity contribution < 1.29 is 44.6 Å². The molecule has 0 heterocycles. The first-order chi connectivity index (χ1) is 19.4. The Kier molecular flexibility index (Phi) is 8.70. The highest BCUT2D eigenvalue weighted by Crippen LogP contribution is 2.37. The molecule has 0 radical (unpaired) electrons. The van der Waals surface area contributed by atoms with E-state index < -0.39 is 53.1 Å². The lowest BCUT2D eigenvalue weighted by Gasteiger charge is -2.20. The van der Waals surface area contributed by atoms with E-state index in [1.165, 1.54) is 17.7 Å². The fraction of sp³-hybridized carbons (Fsp3) is 0.161. The quantitative estimate of drug-likeness (QED) is 0.174. The Labute approximate surface area is 230 Å². The molecule has 0 N–H and O–H groups in total. The van der Waals surface area contributed by atoms with E-state index in [4.69, 9.17) is 0 Å². The summed E-state index contributed by atoms with van der Waals surface area (Å²) < 4.78 is 117. The van der Waals surface area contributed by atoms with Crippen molar-refractivity contribution in [1.82, 2.24) is 0 Å². The van der Waals surface area contributed by atoms with Crippen LogP contribution in [-0.2, 0) is 12.5 Å². The number of halogens is 8. The van der Waals surface area contributed by atoms with E-state index in [-0.39, 0.29) is 12.1 Å². The predicted molar refractivity (Wildman–Crippen MR) is 138 cm³/mol. The van der Waals surface area contributed by atoms with E-state index >= 15 is 0 Å². The summed E-state index contributed by atoms with van der Waals surface area (Å²) in [5.41, 5.74) is 4.00. The van der Waals surface area contributed by atoms with E-state index in [1.807, 2.05) is 36.4 Å². The predicted octanol–water partition coefficient (Wildman–Crippen LogP) is 10.1. The fourth-order valence-electron chi connectivity index (χ4n) is 4.06. The molecule has 10 heteroatoms. The fourth-order valence-corrected chi connectivity index (χ4v) is 4.06. The van der Waals surface area contributed by atoms with Gasteiger partial charge in [-0.25, -0.2) is 8.78 Å². The Bertz CT molecular complexity index is 1490. The first kappa shape index (κ1) is 29.6. The van der Waals surface area contributed by atoms with Crippen LogP contribution in [0.4, 0.5) is 35.1 Å². The molecule has 41 heavy (non-hydrogen) atoms. The number of alkyl halides is 4. The lowest BCUT2D eigenvalue weighted by molar-refractivity contribution is -0.185. The van der Waals surface area contributed by atoms with Crippen molar-refractivity contribution in [2.24, 2.45) is 0 Å². The summed E-state index contributed by atoms with van der Waals surface area (Å²) in [6.07, 6.45) is -10.6. The van der Waals surface area contributed by atoms with Gasteiger partial charge in [-0.1, -0.05) is 74.0 Å². The number of hydrogen-bond acceptors (Lipinski definition) is 2. The SMILES string of the molecule is CCCc1ccc(-c2ccc(-c3ccc(C(F)(F)Oc4cc(F)c(OC(F)(F)C=C(F)F)c(F)c4)cc3)cc2)cc1. The molecular weight excluding hydrogens is 556 g/mol. The maximum atomic E-state index is 14.8. The monoisotopic (exact) mass is 578 g/mol. The molecule has 0 amide bonds. The van der Waals surface area contributed by atoms with Gasteiger partial charge in [-0.2, -0.15) is 26.3 Å². The van der Waals surface area contributed by atoms with Crippen LogP contribution < -0.4 is 9.47 Å². The normalized spacial score (nSPS) is 11.7. The number of aryl methyl sites for hydroxylation is 1. The van der Waals surface area contributed by atoms with Gasteiger partial charge in [0.2, 0.25) is 0 Å². The van der Waals surface area contributed by atoms with Crippen LogP contribution in [0.25, 0.3) is 22.3 Å². The minimum atomic E-state index is -4.76. The molecule has 0 aliphatic carbocycles. The third-order valence-electron chi connectivity index (χ3n) is 6.00. The van der Waals surface area contributed by atoms with Crippen molar-refractivity contribution in [3.05, 3.63) is 120 Å². The van der Waals surface area contributed by atoms with Crippen LogP contribution in [0.2, 0.25) is 0 Å². The Morgan fingerprint density at radius 3 is 1.56 bits per heavy atom. The maximum Gasteiger partial charge on any atom is 0.426 e. The van der Waals surface area contributed by atoms with Gasteiger partial charge in [0.05, 0.1) is 11.6 Å². The van der Waals surface area contributed by atoms with Gasteiger partial charge in [-0.05, 0) is 46.4 Å². The first-order valence-corrected chi connectivity index (χ1v) is 12.3. The minimum Gasteiger partial charge on any atom is -0.429 e. The topological polar surface area (TPSA) is 18.5 Å². The van der Waals surface area contributed by atoms with Gasteiger partial charge in [-0.15, -0.1) is 0 Å². The van der Waals surface area contributed by atoms with Gasteiger partial charge in [0.15, 0.2) is 17.4 Å². The molecule has 0 fully saturated rings. The molecule has 0 aromatic heterocycles. The molecule has 0 aliphatic heterocycles. The summed E-state index contributed by atoms with van der Waals surface area (Å²) in [6.45, 7) is 2.11. The highest BCUT2D eigenvalue weighted by Gasteiger charge is 2.37. The van der Waals surface area contributed by atoms with Crippen molar-refractivity contribution in [2.75, 3.05) is 0 Å². The molecule has 0 aliphatic rings. The lowest BCUT2D eigenvalue weighted by atomic mass is 9.98. The highest BCUT2D eigenvalue weighted by molar-refractivity contribution is 5.70. The van der Waals surface area contributed by atoms with Gasteiger partial charge in [0, 0.05) is 12.1 Å². The van der Waals surface area contributed by atoms with Gasteiger partial charge in [-0.3, -0.25) is 0 Å². The Balaban J connectivity index is 1.47. The summed E-state index contributed by atoms with van der Waals surface area (Å²) in [7, 11) is 0. The Hall–Kier alpha value is -4.34. The molecule has 214 valence electrons. The summed E-state index contributed by atoms with van der Waals surface area (Å²) in [6, 6.07) is 21.0. The van der Waals surface area contributed by atoms with Crippen LogP contribution >= 0.6 is 0 Å². The van der Waals surface area contributed by atoms with Gasteiger partial charge >= 0.3 is 12.2 Å². The molecule has 0 unspecified atom stereocenters. The number of ether oxygens (including phenoxy) is 2. The molecular formula is C31H22F8O2. The molecule has 0 bridgehead atoms. The minimum absolute atomic E-state index is 0.172. The third-order valence-corrected chi connectivity index (χ3v) is 6.00. The van der Waals surface area contributed by atoms with Crippen molar-refractivity contribution in [2.45, 2.75) is 32.0 Å². The maximum absolute atomic E-state index is 14.8. The second-order valence-corrected chi connectivity index (χ2v) is 9.03. The molecule has 4 aromatic carbocycles. The van der Waals surface area contributed by atoms with Crippen LogP contribution in [0.3, 0.4) is 0 Å². The van der Waals surface area contributed by atoms with Gasteiger partial charge in [0.25, 0.3) is 6.08 Å². The molecule has 4 rings (SSSR count). The van der Waals surface area contributed by atoms with Crippen LogP contribution in [0.1, 0.15) is 24.5 Å². The zero-order valence-electron chi connectivity index (χ0n) is 21.4. The molecule has 4 aromatic rings. The van der Waals surface area contributed by atoms with E-state index in [0.29, 0.717) is 5.56 Å². The second kappa shape index (κ2) is 12.0. The van der Waals surface area contributed by atoms with Crippen molar-refractivity contribution in [3.63, 3.8) is 0 Å². The number of rotatable bonds is 10. The van der Waals surface area contributed by atoms with Crippen molar-refractivity contribution in [1.29, 1.82) is 0 Å². The first-order valence-electron chi connectivity index (χ1n) is 12.3. The smallest absolute Gasteiger partial charge is 0.426 e. The third kappa shape index (κ3) is 7.45. The molecule has 2 nitrogen and oxygen atoms in total. The highest BCUT2D eigenvalue weighted by atomic mass is 19.3. The largest absolute Gasteiger partial charge is 0.429 e. The lowest BCUT2D eigenvalue weighted by Crippen LogP contribution is -2.24. The van der Waals surface area contributed by atoms with Crippen molar-refractivity contribution in [3.8, 4) is 33.8 Å². The Morgan fingerprint density at radius 1 is 0.683 bits per heavy atom. The molecule has 0 atom stereocenters. The van der Waals surface area contributed by atoms with E-state index in [9.17, 15) is 35.1 Å². The Morgan fingerprint density at radius 2 is 1.12 bits per heavy atom.